The van der Waals surface area contributed by atoms with Crippen LogP contribution in [0.25, 0.3) is 0 Å². The van der Waals surface area contributed by atoms with Crippen molar-refractivity contribution in [3.8, 4) is 0 Å². The van der Waals surface area contributed by atoms with Gasteiger partial charge in [0.25, 0.3) is 0 Å². The molecule has 0 aromatic heterocycles. The first-order valence-electron chi connectivity index (χ1n) is 4.52. The minimum atomic E-state index is 0.0255. The van der Waals surface area contributed by atoms with E-state index in [1.807, 2.05) is 0 Å². The van der Waals surface area contributed by atoms with E-state index >= 15 is 0 Å². The van der Waals surface area contributed by atoms with Crippen molar-refractivity contribution in [2.24, 2.45) is 16.7 Å². The van der Waals surface area contributed by atoms with Gasteiger partial charge in [-0.1, -0.05) is 20.8 Å². The first-order chi connectivity index (χ1) is 4.98. The molecular weight excluding hydrogens is 136 g/mol. The molecule has 2 rings (SSSR count). The highest BCUT2D eigenvalue weighted by Gasteiger charge is 2.61. The molecule has 11 heavy (non-hydrogen) atoms. The summed E-state index contributed by atoms with van der Waals surface area (Å²) in [5, 5.41) is 0. The third-order valence-corrected chi connectivity index (χ3v) is 4.48. The highest BCUT2D eigenvalue weighted by atomic mass is 16.1. The fourth-order valence-electron chi connectivity index (χ4n) is 2.90. The van der Waals surface area contributed by atoms with Crippen molar-refractivity contribution in [2.75, 3.05) is 0 Å². The lowest BCUT2D eigenvalue weighted by molar-refractivity contribution is -0.128. The Hall–Kier alpha value is -0.330. The summed E-state index contributed by atoms with van der Waals surface area (Å²) in [5.74, 6) is 1.19. The van der Waals surface area contributed by atoms with E-state index in [1.54, 1.807) is 0 Å². The van der Waals surface area contributed by atoms with E-state index in [4.69, 9.17) is 0 Å². The number of hydrogen-bond acceptors (Lipinski definition) is 1. The topological polar surface area (TPSA) is 17.1 Å². The third-order valence-electron chi connectivity index (χ3n) is 4.48. The van der Waals surface area contributed by atoms with Gasteiger partial charge in [-0.15, -0.1) is 0 Å². The van der Waals surface area contributed by atoms with Crippen molar-refractivity contribution in [1.29, 1.82) is 0 Å². The maximum atomic E-state index is 11.6. The molecular formula is C10H16O. The second-order valence-corrected chi connectivity index (χ2v) is 4.92. The first kappa shape index (κ1) is 7.33. The second-order valence-electron chi connectivity index (χ2n) is 4.92. The fraction of sp³-hybridized carbons (Fsp3) is 0.900. The normalized spacial score (nSPS) is 46.8. The van der Waals surface area contributed by atoms with Crippen LogP contribution in [-0.2, 0) is 4.79 Å². The maximum absolute atomic E-state index is 11.6. The van der Waals surface area contributed by atoms with Gasteiger partial charge in [-0.25, -0.2) is 0 Å². The molecule has 2 aliphatic carbocycles. The summed E-state index contributed by atoms with van der Waals surface area (Å²) in [6, 6.07) is 0. The van der Waals surface area contributed by atoms with E-state index < -0.39 is 0 Å². The van der Waals surface area contributed by atoms with Crippen LogP contribution in [0.15, 0.2) is 0 Å². The van der Waals surface area contributed by atoms with E-state index in [0.29, 0.717) is 11.7 Å². The zero-order valence-electron chi connectivity index (χ0n) is 7.61. The van der Waals surface area contributed by atoms with Crippen molar-refractivity contribution >= 4 is 5.78 Å². The van der Waals surface area contributed by atoms with E-state index in [0.717, 1.165) is 12.8 Å². The molecule has 2 bridgehead atoms. The molecule has 0 saturated heterocycles. The lowest BCUT2D eigenvalue weighted by Gasteiger charge is -2.32. The summed E-state index contributed by atoms with van der Waals surface area (Å²) in [7, 11) is 0. The molecule has 2 saturated carbocycles. The average molecular weight is 152 g/mol. The van der Waals surface area contributed by atoms with Gasteiger partial charge in [0.15, 0.2) is 0 Å². The van der Waals surface area contributed by atoms with Gasteiger partial charge in [0, 0.05) is 11.8 Å². The zero-order chi connectivity index (χ0) is 8.28. The molecule has 0 aromatic carbocycles. The molecule has 0 aromatic rings. The quantitative estimate of drug-likeness (QED) is 0.521. The standard InChI is InChI=1S/C10H16O/c1-9(2)7-4-5-10(9,3)8(11)6-7/h7H,4-6H2,1-3H3/t7-,10-/m1/s1. The molecule has 0 heterocycles. The zero-order valence-corrected chi connectivity index (χ0v) is 7.61. The summed E-state index contributed by atoms with van der Waals surface area (Å²) in [6.45, 7) is 6.67. The number of hydrogen-bond donors (Lipinski definition) is 0. The Balaban J connectivity index is 2.47. The Bertz CT molecular complexity index is 217. The monoisotopic (exact) mass is 152 g/mol. The summed E-state index contributed by atoms with van der Waals surface area (Å²) in [5.41, 5.74) is 0.307. The fourth-order valence-corrected chi connectivity index (χ4v) is 2.90. The van der Waals surface area contributed by atoms with Crippen LogP contribution in [0.1, 0.15) is 40.0 Å². The van der Waals surface area contributed by atoms with Crippen molar-refractivity contribution in [1.82, 2.24) is 0 Å². The number of rotatable bonds is 0. The number of ketones is 1. The maximum Gasteiger partial charge on any atom is 0.139 e. The van der Waals surface area contributed by atoms with E-state index in [1.165, 1.54) is 6.42 Å². The third kappa shape index (κ3) is 0.605. The SMILES string of the molecule is CC1(C)[C@@H]2CC[C@]1(C)C(=O)C2. The molecule has 0 amide bonds. The Morgan fingerprint density at radius 1 is 1.36 bits per heavy atom. The van der Waals surface area contributed by atoms with Gasteiger partial charge in [0.1, 0.15) is 5.78 Å². The molecule has 0 unspecified atom stereocenters. The van der Waals surface area contributed by atoms with Crippen molar-refractivity contribution in [3.05, 3.63) is 0 Å². The van der Waals surface area contributed by atoms with Crippen molar-refractivity contribution in [2.45, 2.75) is 40.0 Å². The Kier molecular flexibility index (Phi) is 1.13. The van der Waals surface area contributed by atoms with E-state index in [2.05, 4.69) is 20.8 Å². The Morgan fingerprint density at radius 3 is 2.18 bits per heavy atom. The molecule has 2 aliphatic rings. The van der Waals surface area contributed by atoms with Gasteiger partial charge in [-0.05, 0) is 24.2 Å². The molecule has 0 aliphatic heterocycles. The summed E-state index contributed by atoms with van der Waals surface area (Å²) in [6.07, 6.45) is 3.25. The Morgan fingerprint density at radius 2 is 2.00 bits per heavy atom. The van der Waals surface area contributed by atoms with Crippen LogP contribution >= 0.6 is 0 Å². The van der Waals surface area contributed by atoms with Gasteiger partial charge in [0.2, 0.25) is 0 Å². The second kappa shape index (κ2) is 1.70. The molecule has 1 heteroatoms. The summed E-state index contributed by atoms with van der Waals surface area (Å²) >= 11 is 0. The smallest absolute Gasteiger partial charge is 0.139 e. The molecule has 2 fully saturated rings. The van der Waals surface area contributed by atoms with Crippen LogP contribution in [0.3, 0.4) is 0 Å². The molecule has 62 valence electrons. The van der Waals surface area contributed by atoms with E-state index in [9.17, 15) is 4.79 Å². The highest BCUT2D eigenvalue weighted by Crippen LogP contribution is 2.63. The molecule has 0 spiro atoms. The lowest BCUT2D eigenvalue weighted by atomic mass is 9.70. The predicted octanol–water partition coefficient (Wildman–Crippen LogP) is 2.40. The Labute approximate surface area is 68.2 Å². The molecule has 1 nitrogen and oxygen atoms in total. The van der Waals surface area contributed by atoms with Gasteiger partial charge in [0.05, 0.1) is 0 Å². The number of Topliss-reactive ketones (excluding diaryl/α,β-unsaturated/α-hetero) is 1. The molecule has 2 atom stereocenters. The van der Waals surface area contributed by atoms with Crippen LogP contribution in [0.4, 0.5) is 0 Å². The average Bonchev–Trinajstić information content (AvgIpc) is 2.20. The van der Waals surface area contributed by atoms with Gasteiger partial charge >= 0.3 is 0 Å². The van der Waals surface area contributed by atoms with Crippen LogP contribution < -0.4 is 0 Å². The predicted molar refractivity (Wildman–Crippen MR) is 44.2 cm³/mol. The number of carbonyl (C=O) groups excluding carboxylic acids is 1. The largest absolute Gasteiger partial charge is 0.299 e. The van der Waals surface area contributed by atoms with Gasteiger partial charge in [-0.3, -0.25) is 4.79 Å². The van der Waals surface area contributed by atoms with Crippen molar-refractivity contribution < 1.29 is 4.79 Å². The minimum Gasteiger partial charge on any atom is -0.299 e. The lowest BCUT2D eigenvalue weighted by Crippen LogP contribution is -2.32. The van der Waals surface area contributed by atoms with Gasteiger partial charge < -0.3 is 0 Å². The van der Waals surface area contributed by atoms with Crippen LogP contribution in [0.5, 0.6) is 0 Å². The van der Waals surface area contributed by atoms with Crippen LogP contribution in [-0.4, -0.2) is 5.78 Å². The van der Waals surface area contributed by atoms with Crippen LogP contribution in [0, 0.1) is 16.7 Å². The first-order valence-corrected chi connectivity index (χ1v) is 4.52. The minimum absolute atomic E-state index is 0.0255. The molecule has 0 N–H and O–H groups in total. The van der Waals surface area contributed by atoms with Gasteiger partial charge in [-0.2, -0.15) is 0 Å². The van der Waals surface area contributed by atoms with Crippen LogP contribution in [0.2, 0.25) is 0 Å². The highest BCUT2D eigenvalue weighted by molar-refractivity contribution is 5.89. The molecule has 0 radical (unpaired) electrons. The number of carbonyl (C=O) groups is 1. The number of fused-ring (bicyclic) bond motifs is 2. The summed E-state index contributed by atoms with van der Waals surface area (Å²) in [4.78, 5) is 11.6. The van der Waals surface area contributed by atoms with Crippen molar-refractivity contribution in [3.63, 3.8) is 0 Å². The van der Waals surface area contributed by atoms with E-state index in [-0.39, 0.29) is 10.8 Å². The summed E-state index contributed by atoms with van der Waals surface area (Å²) < 4.78 is 0.